The van der Waals surface area contributed by atoms with Gasteiger partial charge in [0, 0.05) is 25.2 Å². The van der Waals surface area contributed by atoms with E-state index < -0.39 is 14.9 Å². The average Bonchev–Trinajstić information content (AvgIpc) is 2.56. The van der Waals surface area contributed by atoms with Gasteiger partial charge in [0.15, 0.2) is 0 Å². The Labute approximate surface area is 145 Å². The molecular weight excluding hydrogens is 350 g/mol. The zero-order valence-corrected chi connectivity index (χ0v) is 14.6. The molecule has 10 nitrogen and oxygen atoms in total. The summed E-state index contributed by atoms with van der Waals surface area (Å²) < 4.78 is 25.7. The van der Waals surface area contributed by atoms with Crippen molar-refractivity contribution in [3.8, 4) is 0 Å². The second-order valence-corrected chi connectivity index (χ2v) is 7.69. The van der Waals surface area contributed by atoms with Gasteiger partial charge in [0.2, 0.25) is 15.9 Å². The summed E-state index contributed by atoms with van der Waals surface area (Å²) in [5.74, 6) is -0.386. The summed E-state index contributed by atoms with van der Waals surface area (Å²) >= 11 is 0. The van der Waals surface area contributed by atoms with Crippen LogP contribution in [0.4, 0.5) is 11.4 Å². The lowest BCUT2D eigenvalue weighted by Crippen LogP contribution is -2.43. The molecule has 0 aromatic heterocycles. The number of rotatable bonds is 7. The van der Waals surface area contributed by atoms with Gasteiger partial charge in [-0.25, -0.2) is 13.1 Å². The topological polar surface area (TPSA) is 148 Å². The maximum Gasteiger partial charge on any atom is 0.293 e. The lowest BCUT2D eigenvalue weighted by Gasteiger charge is -2.31. The van der Waals surface area contributed by atoms with Gasteiger partial charge in [-0.15, -0.1) is 0 Å². The van der Waals surface area contributed by atoms with E-state index in [4.69, 9.17) is 5.73 Å². The Kier molecular flexibility index (Phi) is 5.93. The number of amides is 1. The smallest absolute Gasteiger partial charge is 0.293 e. The molecule has 0 radical (unpaired) electrons. The van der Waals surface area contributed by atoms with Crippen LogP contribution < -0.4 is 15.8 Å². The van der Waals surface area contributed by atoms with Gasteiger partial charge in [-0.05, 0) is 32.0 Å². The van der Waals surface area contributed by atoms with Crippen LogP contribution in [0.1, 0.15) is 12.8 Å². The fraction of sp³-hybridized carbons (Fsp3) is 0.500. The largest absolute Gasteiger partial charge is 0.377 e. The van der Waals surface area contributed by atoms with Crippen LogP contribution in [-0.2, 0) is 14.8 Å². The van der Waals surface area contributed by atoms with E-state index in [0.29, 0.717) is 25.9 Å². The molecule has 1 aromatic carbocycles. The maximum atomic E-state index is 11.8. The number of carbonyl (C=O) groups excluding carboxylic acids is 1. The van der Waals surface area contributed by atoms with Crippen molar-refractivity contribution in [2.75, 3.05) is 32.0 Å². The number of likely N-dealkylation sites (tertiary alicyclic amines) is 1. The fourth-order valence-corrected chi connectivity index (χ4v) is 3.49. The highest BCUT2D eigenvalue weighted by atomic mass is 32.2. The normalized spacial score (nSPS) is 16.5. The van der Waals surface area contributed by atoms with Crippen molar-refractivity contribution >= 4 is 27.3 Å². The van der Waals surface area contributed by atoms with Gasteiger partial charge in [0.1, 0.15) is 5.69 Å². The molecule has 1 aliphatic heterocycles. The van der Waals surface area contributed by atoms with E-state index in [9.17, 15) is 23.3 Å². The monoisotopic (exact) mass is 371 g/mol. The molecule has 0 saturated carbocycles. The highest BCUT2D eigenvalue weighted by Crippen LogP contribution is 2.29. The second-order valence-electron chi connectivity index (χ2n) is 5.80. The van der Waals surface area contributed by atoms with Crippen molar-refractivity contribution in [3.63, 3.8) is 0 Å². The SMILES string of the molecule is CNS(=O)(=O)c1ccc(NC2CCN(CC(N)=O)CC2)c([N+](=O)[O-])c1. The van der Waals surface area contributed by atoms with Crippen molar-refractivity contribution in [1.82, 2.24) is 9.62 Å². The molecule has 1 aromatic rings. The number of nitro benzene ring substituents is 1. The fourth-order valence-electron chi connectivity index (χ4n) is 2.75. The molecule has 4 N–H and O–H groups in total. The second kappa shape index (κ2) is 7.76. The van der Waals surface area contributed by atoms with Crippen molar-refractivity contribution < 1.29 is 18.1 Å². The molecule has 1 saturated heterocycles. The van der Waals surface area contributed by atoms with Crippen molar-refractivity contribution in [3.05, 3.63) is 28.3 Å². The predicted molar refractivity (Wildman–Crippen MR) is 91.6 cm³/mol. The zero-order valence-electron chi connectivity index (χ0n) is 13.8. The summed E-state index contributed by atoms with van der Waals surface area (Å²) in [6.07, 6.45) is 1.39. The van der Waals surface area contributed by atoms with E-state index >= 15 is 0 Å². The van der Waals surface area contributed by atoms with Crippen LogP contribution in [0.15, 0.2) is 23.1 Å². The molecular formula is C14H21N5O5S. The van der Waals surface area contributed by atoms with Crippen molar-refractivity contribution in [2.45, 2.75) is 23.8 Å². The van der Waals surface area contributed by atoms with Gasteiger partial charge in [0.25, 0.3) is 5.69 Å². The molecule has 1 fully saturated rings. The first-order chi connectivity index (χ1) is 11.7. The summed E-state index contributed by atoms with van der Waals surface area (Å²) in [6, 6.07) is 3.76. The number of nitrogens with zero attached hydrogens (tertiary/aromatic N) is 2. The van der Waals surface area contributed by atoms with Crippen LogP contribution in [0.2, 0.25) is 0 Å². The number of sulfonamides is 1. The van der Waals surface area contributed by atoms with Crippen LogP contribution in [0.3, 0.4) is 0 Å². The average molecular weight is 371 g/mol. The highest BCUT2D eigenvalue weighted by Gasteiger charge is 2.24. The standard InChI is InChI=1S/C14H21N5O5S/c1-16-25(23,24)11-2-3-12(13(8-11)19(21)22)17-10-4-6-18(7-5-10)9-14(15)20/h2-3,8,10,16-17H,4-7,9H2,1H3,(H2,15,20). The van der Waals surface area contributed by atoms with Crippen molar-refractivity contribution in [1.29, 1.82) is 0 Å². The number of carbonyl (C=O) groups is 1. The minimum atomic E-state index is -3.76. The first kappa shape index (κ1) is 19.1. The Bertz CT molecular complexity index is 759. The van der Waals surface area contributed by atoms with E-state index in [1.807, 2.05) is 4.90 Å². The van der Waals surface area contributed by atoms with Crippen LogP contribution in [-0.4, -0.2) is 56.9 Å². The van der Waals surface area contributed by atoms with Crippen LogP contribution in [0, 0.1) is 10.1 Å². The quantitative estimate of drug-likeness (QED) is 0.446. The maximum absolute atomic E-state index is 11.8. The summed E-state index contributed by atoms with van der Waals surface area (Å²) in [4.78, 5) is 23.4. The van der Waals surface area contributed by atoms with Gasteiger partial charge in [-0.2, -0.15) is 0 Å². The molecule has 1 amide bonds. The molecule has 0 bridgehead atoms. The number of hydrogen-bond acceptors (Lipinski definition) is 7. The Morgan fingerprint density at radius 3 is 2.56 bits per heavy atom. The minimum absolute atomic E-state index is 0.00501. The minimum Gasteiger partial charge on any atom is -0.377 e. The molecule has 11 heteroatoms. The molecule has 0 atom stereocenters. The van der Waals surface area contributed by atoms with E-state index in [1.54, 1.807) is 0 Å². The number of nitrogens with one attached hydrogen (secondary N) is 2. The number of anilines is 1. The molecule has 0 spiro atoms. The van der Waals surface area contributed by atoms with Gasteiger partial charge in [0.05, 0.1) is 16.4 Å². The number of piperidine rings is 1. The van der Waals surface area contributed by atoms with E-state index in [-0.39, 0.29) is 34.8 Å². The van der Waals surface area contributed by atoms with Gasteiger partial charge in [-0.3, -0.25) is 19.8 Å². The molecule has 2 rings (SSSR count). The third kappa shape index (κ3) is 4.87. The molecule has 1 aliphatic rings. The van der Waals surface area contributed by atoms with E-state index in [2.05, 4.69) is 10.0 Å². The van der Waals surface area contributed by atoms with E-state index in [1.165, 1.54) is 19.2 Å². The third-order valence-electron chi connectivity index (χ3n) is 4.07. The Morgan fingerprint density at radius 2 is 2.04 bits per heavy atom. The number of benzene rings is 1. The summed E-state index contributed by atoms with van der Waals surface area (Å²) in [5.41, 5.74) is 5.15. The van der Waals surface area contributed by atoms with Crippen LogP contribution in [0.5, 0.6) is 0 Å². The first-order valence-electron chi connectivity index (χ1n) is 7.72. The number of hydrogen-bond donors (Lipinski definition) is 3. The Balaban J connectivity index is 2.12. The predicted octanol–water partition coefficient (Wildman–Crippen LogP) is -0.135. The molecule has 0 unspecified atom stereocenters. The molecule has 138 valence electrons. The molecule has 0 aliphatic carbocycles. The lowest BCUT2D eigenvalue weighted by molar-refractivity contribution is -0.384. The van der Waals surface area contributed by atoms with Crippen LogP contribution >= 0.6 is 0 Å². The lowest BCUT2D eigenvalue weighted by atomic mass is 10.0. The summed E-state index contributed by atoms with van der Waals surface area (Å²) in [5, 5.41) is 14.4. The Hall–Kier alpha value is -2.24. The van der Waals surface area contributed by atoms with Gasteiger partial charge < -0.3 is 11.1 Å². The molecule has 1 heterocycles. The van der Waals surface area contributed by atoms with Crippen LogP contribution in [0.25, 0.3) is 0 Å². The highest BCUT2D eigenvalue weighted by molar-refractivity contribution is 7.89. The molecule has 25 heavy (non-hydrogen) atoms. The zero-order chi connectivity index (χ0) is 18.6. The first-order valence-corrected chi connectivity index (χ1v) is 9.20. The van der Waals surface area contributed by atoms with E-state index in [0.717, 1.165) is 6.07 Å². The Morgan fingerprint density at radius 1 is 1.40 bits per heavy atom. The number of primary amides is 1. The number of nitrogens with two attached hydrogens (primary N) is 1. The van der Waals surface area contributed by atoms with Gasteiger partial charge >= 0.3 is 0 Å². The summed E-state index contributed by atoms with van der Waals surface area (Å²) in [6.45, 7) is 1.50. The number of nitro groups is 1. The summed E-state index contributed by atoms with van der Waals surface area (Å²) in [7, 11) is -2.51. The third-order valence-corrected chi connectivity index (χ3v) is 5.48. The van der Waals surface area contributed by atoms with Gasteiger partial charge in [-0.1, -0.05) is 0 Å². The van der Waals surface area contributed by atoms with Crippen molar-refractivity contribution in [2.24, 2.45) is 5.73 Å².